The zero-order chi connectivity index (χ0) is 32.5. The summed E-state index contributed by atoms with van der Waals surface area (Å²) in [4.78, 5) is 44.2. The number of rotatable bonds is 17. The molecule has 0 bridgehead atoms. The van der Waals surface area contributed by atoms with E-state index >= 15 is 0 Å². The van der Waals surface area contributed by atoms with E-state index in [1.165, 1.54) is 0 Å². The topological polar surface area (TPSA) is 122 Å². The van der Waals surface area contributed by atoms with Crippen LogP contribution in [0.2, 0.25) is 0 Å². The summed E-state index contributed by atoms with van der Waals surface area (Å²) in [5, 5.41) is 27.3. The van der Waals surface area contributed by atoms with E-state index in [4.69, 9.17) is 6.42 Å². The second-order valence-corrected chi connectivity index (χ2v) is 12.2. The fraction of sp³-hybridized carbons (Fsp3) is 0.629. The van der Waals surface area contributed by atoms with Gasteiger partial charge in [-0.25, -0.2) is 0 Å². The largest absolute Gasteiger partial charge is 0.389 e. The number of amides is 3. The predicted octanol–water partition coefficient (Wildman–Crippen LogP) is 2.35. The first kappa shape index (κ1) is 36.8. The summed E-state index contributed by atoms with van der Waals surface area (Å²) >= 11 is 0. The highest BCUT2D eigenvalue weighted by Crippen LogP contribution is 2.28. The second-order valence-electron chi connectivity index (χ2n) is 12.2. The molecule has 0 saturated heterocycles. The number of aliphatic hydroxyl groups is 2. The van der Waals surface area contributed by atoms with Crippen LogP contribution in [0.5, 0.6) is 0 Å². The Hall–Kier alpha value is -3.37. The molecule has 3 amide bonds. The van der Waals surface area contributed by atoms with Gasteiger partial charge < -0.3 is 30.6 Å². The molecule has 242 valence electrons. The molecule has 0 unspecified atom stereocenters. The minimum absolute atomic E-state index is 0.0141. The van der Waals surface area contributed by atoms with E-state index in [0.717, 1.165) is 37.7 Å². The SMILES string of the molecule is C#CC[C@H](O)[C@H](O)[C@H](CC1CCCCC1)NC(=O)[C@H](CC#CC)NC(=O)[C@@H](CC(=O)N(C)CCN(C)C)Cc1ccccc1. The zero-order valence-corrected chi connectivity index (χ0v) is 26.9. The molecule has 0 radical (unpaired) electrons. The first-order valence-corrected chi connectivity index (χ1v) is 15.8. The molecule has 0 heterocycles. The van der Waals surface area contributed by atoms with Gasteiger partial charge in [-0.1, -0.05) is 62.4 Å². The van der Waals surface area contributed by atoms with Crippen molar-refractivity contribution in [1.29, 1.82) is 0 Å². The molecule has 1 aromatic carbocycles. The van der Waals surface area contributed by atoms with Gasteiger partial charge in [-0.05, 0) is 45.3 Å². The van der Waals surface area contributed by atoms with Gasteiger partial charge in [-0.2, -0.15) is 0 Å². The van der Waals surface area contributed by atoms with E-state index in [0.29, 0.717) is 31.8 Å². The van der Waals surface area contributed by atoms with Crippen molar-refractivity contribution >= 4 is 17.7 Å². The standard InChI is InChI=1S/C35H52N4O5/c1-6-8-20-29(35(44)37-30(33(42)31(40)15-7-2)24-27-18-13-10-14-19-27)36-34(43)28(23-26-16-11-9-12-17-26)25-32(41)39(5)22-21-38(3)4/h2,9,11-12,16-17,27-31,33,40,42H,10,13-15,18-25H2,1,3-5H3,(H,36,43)(H,37,44)/t28-,29+,30+,31+,33-/m1/s1. The normalized spacial score (nSPS) is 16.8. The van der Waals surface area contributed by atoms with Crippen LogP contribution in [0.25, 0.3) is 0 Å². The van der Waals surface area contributed by atoms with Gasteiger partial charge in [-0.15, -0.1) is 24.2 Å². The third-order valence-electron chi connectivity index (χ3n) is 8.31. The first-order valence-electron chi connectivity index (χ1n) is 15.8. The van der Waals surface area contributed by atoms with Crippen molar-refractivity contribution < 1.29 is 24.6 Å². The molecular formula is C35H52N4O5. The predicted molar refractivity (Wildman–Crippen MR) is 173 cm³/mol. The number of hydrogen-bond acceptors (Lipinski definition) is 6. The van der Waals surface area contributed by atoms with Gasteiger partial charge in [0.05, 0.1) is 18.1 Å². The summed E-state index contributed by atoms with van der Waals surface area (Å²) in [6.07, 6.45) is 9.08. The summed E-state index contributed by atoms with van der Waals surface area (Å²) < 4.78 is 0. The Kier molecular flexibility index (Phi) is 16.6. The van der Waals surface area contributed by atoms with E-state index in [2.05, 4.69) is 28.4 Å². The average molecular weight is 609 g/mol. The molecule has 9 heteroatoms. The molecule has 4 N–H and O–H groups in total. The van der Waals surface area contributed by atoms with Crippen LogP contribution in [-0.4, -0.2) is 96.3 Å². The Bertz CT molecular complexity index is 1130. The van der Waals surface area contributed by atoms with E-state index in [9.17, 15) is 24.6 Å². The van der Waals surface area contributed by atoms with Gasteiger partial charge in [0.15, 0.2) is 0 Å². The molecule has 9 nitrogen and oxygen atoms in total. The molecule has 1 aliphatic rings. The zero-order valence-electron chi connectivity index (χ0n) is 26.9. The lowest BCUT2D eigenvalue weighted by Gasteiger charge is -2.33. The van der Waals surface area contributed by atoms with Gasteiger partial charge in [0.1, 0.15) is 12.1 Å². The van der Waals surface area contributed by atoms with Crippen LogP contribution in [0, 0.1) is 36.0 Å². The van der Waals surface area contributed by atoms with Crippen molar-refractivity contribution in [3.05, 3.63) is 35.9 Å². The van der Waals surface area contributed by atoms with Gasteiger partial charge in [-0.3, -0.25) is 14.4 Å². The minimum Gasteiger partial charge on any atom is -0.389 e. The third-order valence-corrected chi connectivity index (χ3v) is 8.31. The van der Waals surface area contributed by atoms with E-state index < -0.39 is 42.0 Å². The number of aliphatic hydroxyl groups excluding tert-OH is 2. The summed E-state index contributed by atoms with van der Waals surface area (Å²) in [6.45, 7) is 2.88. The maximum Gasteiger partial charge on any atom is 0.243 e. The monoisotopic (exact) mass is 608 g/mol. The molecule has 1 fully saturated rings. The number of hydrogen-bond donors (Lipinski definition) is 4. The Labute approximate surface area is 264 Å². The average Bonchev–Trinajstić information content (AvgIpc) is 3.01. The summed E-state index contributed by atoms with van der Waals surface area (Å²) in [7, 11) is 5.59. The molecule has 1 saturated carbocycles. The number of carbonyl (C=O) groups excluding carboxylic acids is 3. The van der Waals surface area contributed by atoms with Gasteiger partial charge in [0.2, 0.25) is 17.7 Å². The number of carbonyl (C=O) groups is 3. The Morgan fingerprint density at radius 2 is 1.66 bits per heavy atom. The van der Waals surface area contributed by atoms with E-state index in [1.54, 1.807) is 18.9 Å². The lowest BCUT2D eigenvalue weighted by Crippen LogP contribution is -2.55. The maximum absolute atomic E-state index is 13.7. The van der Waals surface area contributed by atoms with Gasteiger partial charge >= 0.3 is 0 Å². The smallest absolute Gasteiger partial charge is 0.243 e. The van der Waals surface area contributed by atoms with E-state index in [1.807, 2.05) is 49.3 Å². The maximum atomic E-state index is 13.7. The number of likely N-dealkylation sites (N-methyl/N-ethyl adjacent to an activating group) is 2. The molecule has 44 heavy (non-hydrogen) atoms. The molecule has 2 rings (SSSR count). The Morgan fingerprint density at radius 3 is 2.27 bits per heavy atom. The van der Waals surface area contributed by atoms with Gasteiger partial charge in [0.25, 0.3) is 0 Å². The molecule has 0 spiro atoms. The Morgan fingerprint density at radius 1 is 0.977 bits per heavy atom. The van der Waals surface area contributed by atoms with Gasteiger partial charge in [0, 0.05) is 39.4 Å². The fourth-order valence-corrected chi connectivity index (χ4v) is 5.56. The third kappa shape index (κ3) is 13.1. The Balaban J connectivity index is 2.24. The number of terminal acetylenes is 1. The van der Waals surface area contributed by atoms with E-state index in [-0.39, 0.29) is 25.2 Å². The number of nitrogens with zero attached hydrogens (tertiary/aromatic N) is 2. The molecular weight excluding hydrogens is 556 g/mol. The lowest BCUT2D eigenvalue weighted by molar-refractivity contribution is -0.136. The molecule has 0 aromatic heterocycles. The van der Waals surface area contributed by atoms with Crippen LogP contribution in [-0.2, 0) is 20.8 Å². The summed E-state index contributed by atoms with van der Waals surface area (Å²) in [6, 6.07) is 7.72. The van der Waals surface area contributed by atoms with Crippen molar-refractivity contribution in [2.24, 2.45) is 11.8 Å². The van der Waals surface area contributed by atoms with Crippen molar-refractivity contribution in [3.63, 3.8) is 0 Å². The fourth-order valence-electron chi connectivity index (χ4n) is 5.56. The quantitative estimate of drug-likeness (QED) is 0.202. The van der Waals surface area contributed by atoms with Crippen LogP contribution < -0.4 is 10.6 Å². The highest BCUT2D eigenvalue weighted by molar-refractivity contribution is 5.91. The van der Waals surface area contributed by atoms with Crippen molar-refractivity contribution in [1.82, 2.24) is 20.4 Å². The summed E-state index contributed by atoms with van der Waals surface area (Å²) in [5.74, 6) is 6.57. The van der Waals surface area contributed by atoms with Crippen molar-refractivity contribution in [3.8, 4) is 24.2 Å². The van der Waals surface area contributed by atoms with Crippen LogP contribution in [0.1, 0.15) is 70.3 Å². The minimum atomic E-state index is -1.26. The lowest BCUT2D eigenvalue weighted by atomic mass is 9.82. The second kappa shape index (κ2) is 19.8. The van der Waals surface area contributed by atoms with Crippen molar-refractivity contribution in [2.45, 2.75) is 95.4 Å². The first-order chi connectivity index (χ1) is 21.0. The number of nitrogens with one attached hydrogen (secondary N) is 2. The molecule has 0 aliphatic heterocycles. The van der Waals surface area contributed by atoms with Crippen LogP contribution in [0.3, 0.4) is 0 Å². The summed E-state index contributed by atoms with van der Waals surface area (Å²) in [5.41, 5.74) is 0.906. The number of benzene rings is 1. The molecule has 5 atom stereocenters. The highest BCUT2D eigenvalue weighted by atomic mass is 16.3. The molecule has 1 aliphatic carbocycles. The molecule has 1 aromatic rings. The van der Waals surface area contributed by atoms with Crippen LogP contribution in [0.4, 0.5) is 0 Å². The van der Waals surface area contributed by atoms with Crippen molar-refractivity contribution in [2.75, 3.05) is 34.2 Å². The highest BCUT2D eigenvalue weighted by Gasteiger charge is 2.33. The van der Waals surface area contributed by atoms with Crippen LogP contribution >= 0.6 is 0 Å². The van der Waals surface area contributed by atoms with Crippen LogP contribution in [0.15, 0.2) is 30.3 Å².